The first-order valence-corrected chi connectivity index (χ1v) is 13.1. The van der Waals surface area contributed by atoms with Gasteiger partial charge in [-0.3, -0.25) is 14.7 Å². The van der Waals surface area contributed by atoms with Gasteiger partial charge in [-0.15, -0.1) is 0 Å². The molecule has 5 nitrogen and oxygen atoms in total. The average molecular weight is 477 g/mol. The molecule has 1 unspecified atom stereocenters. The molecule has 1 aliphatic carbocycles. The summed E-state index contributed by atoms with van der Waals surface area (Å²) in [6.45, 7) is 6.77. The number of carbonyl (C=O) groups is 1. The zero-order valence-corrected chi connectivity index (χ0v) is 20.8. The molecule has 36 heavy (non-hydrogen) atoms. The molecule has 1 fully saturated rings. The molecule has 0 radical (unpaired) electrons. The monoisotopic (exact) mass is 476 g/mol. The van der Waals surface area contributed by atoms with Crippen LogP contribution in [-0.2, 0) is 0 Å². The first kappa shape index (κ1) is 22.9. The van der Waals surface area contributed by atoms with Crippen LogP contribution in [0.25, 0.3) is 33.0 Å². The molecule has 6 rings (SSSR count). The third-order valence-corrected chi connectivity index (χ3v) is 7.56. The third kappa shape index (κ3) is 3.98. The van der Waals surface area contributed by atoms with Crippen molar-refractivity contribution in [3.05, 3.63) is 89.7 Å². The van der Waals surface area contributed by atoms with Gasteiger partial charge in [0.15, 0.2) is 0 Å². The molecule has 0 bridgehead atoms. The Morgan fingerprint density at radius 3 is 2.69 bits per heavy atom. The summed E-state index contributed by atoms with van der Waals surface area (Å²) in [6, 6.07) is 21.6. The Morgan fingerprint density at radius 2 is 1.83 bits per heavy atom. The number of piperazine rings is 1. The van der Waals surface area contributed by atoms with Crippen LogP contribution in [0.2, 0.25) is 0 Å². The number of hydrogen-bond donors (Lipinski definition) is 2. The van der Waals surface area contributed by atoms with Gasteiger partial charge in [-0.2, -0.15) is 0 Å². The van der Waals surface area contributed by atoms with Crippen molar-refractivity contribution in [2.75, 3.05) is 32.7 Å². The van der Waals surface area contributed by atoms with E-state index in [2.05, 4.69) is 88.1 Å². The first-order chi connectivity index (χ1) is 17.8. The van der Waals surface area contributed by atoms with Gasteiger partial charge in [0.1, 0.15) is 0 Å². The summed E-state index contributed by atoms with van der Waals surface area (Å²) >= 11 is 0. The van der Waals surface area contributed by atoms with E-state index in [9.17, 15) is 4.79 Å². The normalized spacial score (nSPS) is 17.1. The third-order valence-electron chi connectivity index (χ3n) is 7.56. The van der Waals surface area contributed by atoms with Crippen LogP contribution in [-0.4, -0.2) is 48.5 Å². The molecule has 1 saturated heterocycles. The van der Waals surface area contributed by atoms with Gasteiger partial charge in [-0.05, 0) is 63.4 Å². The average Bonchev–Trinajstić information content (AvgIpc) is 3.27. The van der Waals surface area contributed by atoms with E-state index in [4.69, 9.17) is 0 Å². The van der Waals surface area contributed by atoms with Crippen molar-refractivity contribution in [3.8, 4) is 22.3 Å². The molecule has 0 spiro atoms. The molecule has 2 heterocycles. The fourth-order valence-corrected chi connectivity index (χ4v) is 5.82. The van der Waals surface area contributed by atoms with E-state index in [0.717, 1.165) is 66.5 Å². The maximum atomic E-state index is 13.4. The smallest absolute Gasteiger partial charge is 0.251 e. The lowest BCUT2D eigenvalue weighted by atomic mass is 9.89. The maximum absolute atomic E-state index is 13.4. The molecule has 1 aromatic heterocycles. The number of carbonyl (C=O) groups excluding carboxylic acids is 1. The van der Waals surface area contributed by atoms with Crippen LogP contribution in [0.3, 0.4) is 0 Å². The van der Waals surface area contributed by atoms with Crippen molar-refractivity contribution < 1.29 is 4.79 Å². The lowest BCUT2D eigenvalue weighted by Gasteiger charge is -2.34. The van der Waals surface area contributed by atoms with Crippen LogP contribution in [0.15, 0.2) is 73.1 Å². The summed E-state index contributed by atoms with van der Waals surface area (Å²) in [7, 11) is 0. The Hall–Kier alpha value is -3.54. The minimum absolute atomic E-state index is 0.000814. The van der Waals surface area contributed by atoms with Crippen LogP contribution < -0.4 is 10.6 Å². The molecule has 1 aliphatic heterocycles. The SMILES string of the molecule is CCCCNC(=O)c1cc(-c2cccc3ccncc23)c2c(c1)C(N1CCNCC1)c1ccccc1-2. The van der Waals surface area contributed by atoms with E-state index in [0.29, 0.717) is 6.54 Å². The number of amides is 1. The fraction of sp³-hybridized carbons (Fsp3) is 0.290. The minimum atomic E-state index is 0.000814. The second-order valence-corrected chi connectivity index (χ2v) is 9.78. The molecule has 2 aliphatic rings. The van der Waals surface area contributed by atoms with E-state index in [-0.39, 0.29) is 11.9 Å². The van der Waals surface area contributed by atoms with E-state index < -0.39 is 0 Å². The number of fused-ring (bicyclic) bond motifs is 4. The lowest BCUT2D eigenvalue weighted by molar-refractivity contribution is 0.0953. The summed E-state index contributed by atoms with van der Waals surface area (Å²) in [5.74, 6) is 0.000814. The zero-order chi connectivity index (χ0) is 24.5. The van der Waals surface area contributed by atoms with Crippen molar-refractivity contribution in [3.63, 3.8) is 0 Å². The Kier molecular flexibility index (Phi) is 6.26. The van der Waals surface area contributed by atoms with Gasteiger partial charge in [-0.1, -0.05) is 55.8 Å². The molecule has 5 heteroatoms. The number of nitrogens with one attached hydrogen (secondary N) is 2. The van der Waals surface area contributed by atoms with Crippen LogP contribution >= 0.6 is 0 Å². The van der Waals surface area contributed by atoms with Crippen molar-refractivity contribution in [2.24, 2.45) is 0 Å². The van der Waals surface area contributed by atoms with E-state index in [1.807, 2.05) is 12.4 Å². The number of benzene rings is 3. The van der Waals surface area contributed by atoms with Crippen molar-refractivity contribution in [1.82, 2.24) is 20.5 Å². The Morgan fingerprint density at radius 1 is 1.00 bits per heavy atom. The molecular formula is C31H32N4O. The topological polar surface area (TPSA) is 57.3 Å². The maximum Gasteiger partial charge on any atom is 0.251 e. The van der Waals surface area contributed by atoms with Crippen LogP contribution in [0.5, 0.6) is 0 Å². The summed E-state index contributed by atoms with van der Waals surface area (Å²) in [5.41, 5.74) is 8.04. The molecule has 1 amide bonds. The summed E-state index contributed by atoms with van der Waals surface area (Å²) in [5, 5.41) is 8.89. The minimum Gasteiger partial charge on any atom is -0.352 e. The number of hydrogen-bond acceptors (Lipinski definition) is 4. The van der Waals surface area contributed by atoms with Crippen LogP contribution in [0.1, 0.15) is 47.3 Å². The second kappa shape index (κ2) is 9.84. The van der Waals surface area contributed by atoms with Crippen molar-refractivity contribution in [1.29, 1.82) is 0 Å². The van der Waals surface area contributed by atoms with E-state index in [1.165, 1.54) is 22.3 Å². The highest BCUT2D eigenvalue weighted by Crippen LogP contribution is 2.51. The highest BCUT2D eigenvalue weighted by molar-refractivity contribution is 6.05. The predicted molar refractivity (Wildman–Crippen MR) is 146 cm³/mol. The van der Waals surface area contributed by atoms with E-state index >= 15 is 0 Å². The van der Waals surface area contributed by atoms with Gasteiger partial charge in [0.25, 0.3) is 5.91 Å². The van der Waals surface area contributed by atoms with Gasteiger partial charge in [0.2, 0.25) is 0 Å². The number of rotatable bonds is 6. The number of pyridine rings is 1. The van der Waals surface area contributed by atoms with Gasteiger partial charge in [0, 0.05) is 56.1 Å². The van der Waals surface area contributed by atoms with Gasteiger partial charge in [-0.25, -0.2) is 0 Å². The first-order valence-electron chi connectivity index (χ1n) is 13.1. The van der Waals surface area contributed by atoms with Gasteiger partial charge < -0.3 is 10.6 Å². The molecule has 2 N–H and O–H groups in total. The molecule has 1 atom stereocenters. The Bertz CT molecular complexity index is 1420. The zero-order valence-electron chi connectivity index (χ0n) is 20.8. The molecule has 0 saturated carbocycles. The summed E-state index contributed by atoms with van der Waals surface area (Å²) in [4.78, 5) is 20.4. The Labute approximate surface area is 212 Å². The summed E-state index contributed by atoms with van der Waals surface area (Å²) < 4.78 is 0. The highest BCUT2D eigenvalue weighted by Gasteiger charge is 2.36. The molecular weight excluding hydrogens is 444 g/mol. The Balaban J connectivity index is 1.59. The number of aromatic nitrogens is 1. The van der Waals surface area contributed by atoms with Crippen LogP contribution in [0, 0.1) is 0 Å². The predicted octanol–water partition coefficient (Wildman–Crippen LogP) is 5.41. The number of unbranched alkanes of at least 4 members (excludes halogenated alkanes) is 1. The highest BCUT2D eigenvalue weighted by atomic mass is 16.1. The number of nitrogens with zero attached hydrogens (tertiary/aromatic N) is 2. The largest absolute Gasteiger partial charge is 0.352 e. The molecule has 3 aromatic carbocycles. The second-order valence-electron chi connectivity index (χ2n) is 9.78. The van der Waals surface area contributed by atoms with Crippen LogP contribution in [0.4, 0.5) is 0 Å². The fourth-order valence-electron chi connectivity index (χ4n) is 5.82. The lowest BCUT2D eigenvalue weighted by Crippen LogP contribution is -2.45. The standard InChI is InChI=1S/C31H32N4O/c1-2-3-12-34-31(36)22-18-26(23-10-6-7-21-11-13-33-20-28(21)23)29-24-8-4-5-9-25(24)30(27(29)19-22)35-16-14-32-15-17-35/h4-11,13,18-20,30,32H,2-3,12,14-17H2,1H3,(H,34,36). The summed E-state index contributed by atoms with van der Waals surface area (Å²) in [6.07, 6.45) is 5.82. The van der Waals surface area contributed by atoms with Gasteiger partial charge in [0.05, 0.1) is 6.04 Å². The van der Waals surface area contributed by atoms with Crippen molar-refractivity contribution in [2.45, 2.75) is 25.8 Å². The molecule has 182 valence electrons. The molecule has 4 aromatic rings. The quantitative estimate of drug-likeness (QED) is 0.366. The van der Waals surface area contributed by atoms with Crippen molar-refractivity contribution >= 4 is 16.7 Å². The van der Waals surface area contributed by atoms with Gasteiger partial charge >= 0.3 is 0 Å². The van der Waals surface area contributed by atoms with E-state index in [1.54, 1.807) is 0 Å².